The molecule has 2 atom stereocenters. The van der Waals surface area contributed by atoms with Crippen LogP contribution >= 0.6 is 0 Å². The zero-order valence-electron chi connectivity index (χ0n) is 20.5. The van der Waals surface area contributed by atoms with Crippen LogP contribution in [0.1, 0.15) is 12.0 Å². The topological polar surface area (TPSA) is 99.6 Å². The Hall–Kier alpha value is -3.94. The van der Waals surface area contributed by atoms with Gasteiger partial charge in [0.05, 0.1) is 32.6 Å². The van der Waals surface area contributed by atoms with Crippen LogP contribution in [-0.4, -0.2) is 41.0 Å². The van der Waals surface area contributed by atoms with Gasteiger partial charge in [0.1, 0.15) is 5.82 Å². The maximum absolute atomic E-state index is 12.6. The van der Waals surface area contributed by atoms with Crippen LogP contribution in [-0.2, 0) is 13.0 Å². The van der Waals surface area contributed by atoms with Crippen LogP contribution < -0.4 is 20.8 Å². The second-order valence-electron chi connectivity index (χ2n) is 8.61. The van der Waals surface area contributed by atoms with Crippen molar-refractivity contribution in [3.05, 3.63) is 101 Å². The number of hydrogen-bond acceptors (Lipinski definition) is 6. The Bertz CT molecular complexity index is 1280. The summed E-state index contributed by atoms with van der Waals surface area (Å²) < 4.78 is 12.6. The van der Waals surface area contributed by atoms with Crippen molar-refractivity contribution in [3.63, 3.8) is 0 Å². The van der Waals surface area contributed by atoms with E-state index in [1.54, 1.807) is 14.2 Å². The van der Waals surface area contributed by atoms with Gasteiger partial charge in [-0.1, -0.05) is 66.7 Å². The predicted molar refractivity (Wildman–Crippen MR) is 141 cm³/mol. The first kappa shape index (κ1) is 25.2. The van der Waals surface area contributed by atoms with Crippen molar-refractivity contribution >= 4 is 0 Å². The number of methoxy groups -OCH3 is 2. The van der Waals surface area contributed by atoms with E-state index < -0.39 is 12.1 Å². The molecule has 4 rings (SSSR count). The minimum Gasteiger partial charge on any atom is -0.493 e. The van der Waals surface area contributed by atoms with Crippen LogP contribution in [0.3, 0.4) is 0 Å². The Morgan fingerprint density at radius 3 is 2.17 bits per heavy atom. The molecule has 3 N–H and O–H groups in total. The van der Waals surface area contributed by atoms with E-state index >= 15 is 0 Å². The monoisotopic (exact) mass is 485 g/mol. The first-order valence-electron chi connectivity index (χ1n) is 11.9. The molecule has 0 bridgehead atoms. The van der Waals surface area contributed by atoms with Gasteiger partial charge < -0.3 is 24.9 Å². The van der Waals surface area contributed by atoms with Gasteiger partial charge in [0.15, 0.2) is 11.5 Å². The normalized spacial score (nSPS) is 12.7. The fourth-order valence-electron chi connectivity index (χ4n) is 4.23. The van der Waals surface area contributed by atoms with Gasteiger partial charge in [0.25, 0.3) is 5.56 Å². The van der Waals surface area contributed by atoms with Crippen LogP contribution in [0.4, 0.5) is 0 Å². The lowest BCUT2D eigenvalue weighted by Crippen LogP contribution is -2.39. The second kappa shape index (κ2) is 11.7. The van der Waals surface area contributed by atoms with Crippen molar-refractivity contribution in [1.29, 1.82) is 0 Å². The maximum Gasteiger partial charge on any atom is 0.273 e. The zero-order chi connectivity index (χ0) is 25.5. The summed E-state index contributed by atoms with van der Waals surface area (Å²) in [5.41, 5.74) is 9.48. The van der Waals surface area contributed by atoms with Gasteiger partial charge in [-0.15, -0.1) is 0 Å². The van der Waals surface area contributed by atoms with Crippen LogP contribution in [0, 0.1) is 0 Å². The Morgan fingerprint density at radius 2 is 1.53 bits per heavy atom. The van der Waals surface area contributed by atoms with Gasteiger partial charge in [-0.3, -0.25) is 4.79 Å². The average molecular weight is 486 g/mol. The molecule has 1 unspecified atom stereocenters. The zero-order valence-corrected chi connectivity index (χ0v) is 20.5. The van der Waals surface area contributed by atoms with Crippen molar-refractivity contribution < 1.29 is 14.6 Å². The van der Waals surface area contributed by atoms with Crippen molar-refractivity contribution in [1.82, 2.24) is 9.55 Å². The summed E-state index contributed by atoms with van der Waals surface area (Å²) in [6.45, 7) is 0.189. The lowest BCUT2D eigenvalue weighted by molar-refractivity contribution is 0.122. The Kier molecular flexibility index (Phi) is 8.15. The molecule has 4 aromatic rings. The van der Waals surface area contributed by atoms with Gasteiger partial charge in [-0.2, -0.15) is 4.98 Å². The number of nitrogens with zero attached hydrogens (tertiary/aromatic N) is 2. The van der Waals surface area contributed by atoms with Gasteiger partial charge in [0.2, 0.25) is 0 Å². The third-order valence-electron chi connectivity index (χ3n) is 6.20. The standard InChI is InChI=1S/C29H31N3O4/c1-35-26-16-14-20(17-27(26)36-2)13-15-23(30)25(33)19-32-24(21-9-5-3-6-10-21)18-28(34)31-29(32)22-11-7-4-8-12-22/h3-12,14,16-18,23,25,33H,13,15,19,30H2,1-2H3/t23?,25-/m0/s1. The molecule has 7 heteroatoms. The number of nitrogens with two attached hydrogens (primary N) is 1. The molecule has 1 aromatic heterocycles. The number of aliphatic hydroxyl groups excluding tert-OH is 1. The molecule has 0 fully saturated rings. The van der Waals surface area contributed by atoms with E-state index in [1.807, 2.05) is 83.4 Å². The quantitative estimate of drug-likeness (QED) is 0.353. The van der Waals surface area contributed by atoms with Crippen LogP contribution in [0.5, 0.6) is 11.5 Å². The summed E-state index contributed by atoms with van der Waals surface area (Å²) >= 11 is 0. The van der Waals surface area contributed by atoms with Gasteiger partial charge in [-0.05, 0) is 36.1 Å². The van der Waals surface area contributed by atoms with Gasteiger partial charge in [0, 0.05) is 17.7 Å². The summed E-state index contributed by atoms with van der Waals surface area (Å²) in [5, 5.41) is 11.1. The van der Waals surface area contributed by atoms with Crippen LogP contribution in [0.15, 0.2) is 89.7 Å². The molecule has 0 amide bonds. The largest absolute Gasteiger partial charge is 0.493 e. The van der Waals surface area contributed by atoms with Crippen LogP contribution in [0.2, 0.25) is 0 Å². The average Bonchev–Trinajstić information content (AvgIpc) is 2.93. The van der Waals surface area contributed by atoms with E-state index in [9.17, 15) is 9.90 Å². The van der Waals surface area contributed by atoms with E-state index in [0.29, 0.717) is 35.9 Å². The highest BCUT2D eigenvalue weighted by Gasteiger charge is 2.21. The molecule has 0 aliphatic heterocycles. The van der Waals surface area contributed by atoms with Crippen molar-refractivity contribution in [2.24, 2.45) is 5.73 Å². The number of benzene rings is 3. The molecular formula is C29H31N3O4. The molecule has 0 radical (unpaired) electrons. The van der Waals surface area contributed by atoms with Gasteiger partial charge >= 0.3 is 0 Å². The molecule has 186 valence electrons. The van der Waals surface area contributed by atoms with E-state index in [4.69, 9.17) is 15.2 Å². The smallest absolute Gasteiger partial charge is 0.273 e. The summed E-state index contributed by atoms with van der Waals surface area (Å²) in [4.78, 5) is 16.9. The molecular weight excluding hydrogens is 454 g/mol. The Morgan fingerprint density at radius 1 is 0.889 bits per heavy atom. The number of rotatable bonds is 10. The van der Waals surface area contributed by atoms with E-state index in [-0.39, 0.29) is 12.1 Å². The number of aromatic nitrogens is 2. The summed E-state index contributed by atoms with van der Waals surface area (Å²) in [5.74, 6) is 1.81. The maximum atomic E-state index is 12.6. The number of ether oxygens (including phenoxy) is 2. The molecule has 1 heterocycles. The van der Waals surface area contributed by atoms with Crippen molar-refractivity contribution in [3.8, 4) is 34.1 Å². The molecule has 0 aliphatic rings. The number of hydrogen-bond donors (Lipinski definition) is 2. The highest BCUT2D eigenvalue weighted by molar-refractivity contribution is 5.64. The van der Waals surface area contributed by atoms with E-state index in [1.165, 1.54) is 6.07 Å². The van der Waals surface area contributed by atoms with E-state index in [0.717, 1.165) is 16.7 Å². The summed E-state index contributed by atoms with van der Waals surface area (Å²) in [6.07, 6.45) is 0.364. The molecule has 36 heavy (non-hydrogen) atoms. The van der Waals surface area contributed by atoms with Gasteiger partial charge in [-0.25, -0.2) is 0 Å². The SMILES string of the molecule is COc1ccc(CCC(N)[C@@H](O)Cn2c(-c3ccccc3)cc(=O)nc2-c2ccccc2)cc1OC. The summed E-state index contributed by atoms with van der Waals surface area (Å²) in [7, 11) is 3.20. The molecule has 0 saturated carbocycles. The van der Waals surface area contributed by atoms with Crippen molar-refractivity contribution in [2.45, 2.75) is 31.5 Å². The third kappa shape index (κ3) is 5.82. The Balaban J connectivity index is 1.61. The second-order valence-corrected chi connectivity index (χ2v) is 8.61. The molecule has 3 aromatic carbocycles. The van der Waals surface area contributed by atoms with Crippen LogP contribution in [0.25, 0.3) is 22.6 Å². The highest BCUT2D eigenvalue weighted by atomic mass is 16.5. The lowest BCUT2D eigenvalue weighted by Gasteiger charge is -2.24. The minimum absolute atomic E-state index is 0.189. The van der Waals surface area contributed by atoms with Crippen molar-refractivity contribution in [2.75, 3.05) is 14.2 Å². The number of aryl methyl sites for hydroxylation is 1. The first-order chi connectivity index (χ1) is 17.5. The minimum atomic E-state index is -0.862. The third-order valence-corrected chi connectivity index (χ3v) is 6.20. The lowest BCUT2D eigenvalue weighted by atomic mass is 10.0. The molecule has 0 saturated heterocycles. The first-order valence-corrected chi connectivity index (χ1v) is 11.9. The van der Waals surface area contributed by atoms with E-state index in [2.05, 4.69) is 4.98 Å². The fourth-order valence-corrected chi connectivity index (χ4v) is 4.23. The summed E-state index contributed by atoms with van der Waals surface area (Å²) in [6, 6.07) is 25.9. The number of aliphatic hydroxyl groups is 1. The fraction of sp³-hybridized carbons (Fsp3) is 0.241. The molecule has 7 nitrogen and oxygen atoms in total. The highest BCUT2D eigenvalue weighted by Crippen LogP contribution is 2.28. The Labute approximate surface area is 210 Å². The molecule has 0 spiro atoms. The predicted octanol–water partition coefficient (Wildman–Crippen LogP) is 3.92. The molecule has 0 aliphatic carbocycles.